The lowest BCUT2D eigenvalue weighted by atomic mass is 9.88. The van der Waals surface area contributed by atoms with Gasteiger partial charge in [0.2, 0.25) is 5.91 Å². The van der Waals surface area contributed by atoms with Crippen LogP contribution in [0.2, 0.25) is 0 Å². The lowest BCUT2D eigenvalue weighted by molar-refractivity contribution is -0.216. The third-order valence-corrected chi connectivity index (χ3v) is 4.43. The molecule has 3 unspecified atom stereocenters. The van der Waals surface area contributed by atoms with Gasteiger partial charge in [-0.25, -0.2) is 4.79 Å². The molecular formula is C17H20N2O5. The number of hydrogen-bond acceptors (Lipinski definition) is 5. The fourth-order valence-corrected chi connectivity index (χ4v) is 3.23. The summed E-state index contributed by atoms with van der Waals surface area (Å²) in [6, 6.07) is 8.10. The van der Waals surface area contributed by atoms with E-state index in [-0.39, 0.29) is 0 Å². The molecule has 0 spiro atoms. The maximum absolute atomic E-state index is 12.3. The van der Waals surface area contributed by atoms with Crippen LogP contribution in [0.1, 0.15) is 19.4 Å². The van der Waals surface area contributed by atoms with Crippen molar-refractivity contribution in [1.29, 1.82) is 0 Å². The van der Waals surface area contributed by atoms with Gasteiger partial charge in [-0.05, 0) is 19.4 Å². The standard InChI is InChI=1S/C17H20N2O5/c1-10-17(16(21)22,24-11(2)23-10)19-13(14(18)15(19)20)9-8-12-6-4-3-5-7-12/h3-11,13-14H,18H2,1-2H3,(H,21,22)/t10?,11?,13-,14+,17?/m1/s1. The fraction of sp³-hybridized carbons (Fsp3) is 0.412. The fourth-order valence-electron chi connectivity index (χ4n) is 3.23. The molecule has 2 saturated heterocycles. The van der Waals surface area contributed by atoms with Gasteiger partial charge in [0, 0.05) is 0 Å². The molecular weight excluding hydrogens is 312 g/mol. The Kier molecular flexibility index (Phi) is 4.16. The molecule has 0 aromatic heterocycles. The Morgan fingerprint density at radius 2 is 2.00 bits per heavy atom. The van der Waals surface area contributed by atoms with E-state index in [9.17, 15) is 14.7 Å². The highest BCUT2D eigenvalue weighted by molar-refractivity contribution is 5.95. The number of aliphatic carboxylic acids is 1. The van der Waals surface area contributed by atoms with Gasteiger partial charge in [0.25, 0.3) is 5.72 Å². The minimum absolute atomic E-state index is 0.468. The third kappa shape index (κ3) is 2.41. The number of β-lactam (4-membered cyclic amide) rings is 1. The highest BCUT2D eigenvalue weighted by Gasteiger charge is 2.65. The Morgan fingerprint density at radius 1 is 1.33 bits per heavy atom. The molecule has 2 heterocycles. The molecule has 1 amide bonds. The first-order valence-electron chi connectivity index (χ1n) is 7.76. The van der Waals surface area contributed by atoms with Crippen LogP contribution < -0.4 is 5.73 Å². The van der Waals surface area contributed by atoms with Crippen molar-refractivity contribution in [3.63, 3.8) is 0 Å². The van der Waals surface area contributed by atoms with Gasteiger partial charge >= 0.3 is 5.97 Å². The molecule has 3 rings (SSSR count). The zero-order chi connectivity index (χ0) is 17.5. The van der Waals surface area contributed by atoms with E-state index < -0.39 is 42.1 Å². The number of benzene rings is 1. The van der Waals surface area contributed by atoms with E-state index in [1.165, 1.54) is 4.90 Å². The van der Waals surface area contributed by atoms with Crippen molar-refractivity contribution in [3.8, 4) is 0 Å². The average molecular weight is 332 g/mol. The first-order chi connectivity index (χ1) is 11.4. The maximum Gasteiger partial charge on any atom is 0.360 e. The van der Waals surface area contributed by atoms with Crippen molar-refractivity contribution in [2.45, 2.75) is 44.1 Å². The third-order valence-electron chi connectivity index (χ3n) is 4.43. The number of carboxylic acids is 1. The molecule has 0 saturated carbocycles. The molecule has 1 aromatic carbocycles. The topological polar surface area (TPSA) is 102 Å². The van der Waals surface area contributed by atoms with Crippen LogP contribution in [-0.2, 0) is 19.1 Å². The second-order valence-electron chi connectivity index (χ2n) is 5.96. The summed E-state index contributed by atoms with van der Waals surface area (Å²) >= 11 is 0. The van der Waals surface area contributed by atoms with Crippen molar-refractivity contribution in [2.24, 2.45) is 5.73 Å². The van der Waals surface area contributed by atoms with Crippen LogP contribution in [0.3, 0.4) is 0 Å². The summed E-state index contributed by atoms with van der Waals surface area (Å²) in [4.78, 5) is 25.4. The van der Waals surface area contributed by atoms with Gasteiger partial charge < -0.3 is 20.3 Å². The zero-order valence-electron chi connectivity index (χ0n) is 13.5. The van der Waals surface area contributed by atoms with Gasteiger partial charge in [0.05, 0.1) is 6.04 Å². The van der Waals surface area contributed by atoms with E-state index in [4.69, 9.17) is 15.2 Å². The summed E-state index contributed by atoms with van der Waals surface area (Å²) in [7, 11) is 0. The van der Waals surface area contributed by atoms with Crippen molar-refractivity contribution in [3.05, 3.63) is 42.0 Å². The van der Waals surface area contributed by atoms with E-state index in [0.29, 0.717) is 0 Å². The highest BCUT2D eigenvalue weighted by Crippen LogP contribution is 2.40. The smallest absolute Gasteiger partial charge is 0.360 e. The Balaban J connectivity index is 1.91. The lowest BCUT2D eigenvalue weighted by Gasteiger charge is -2.51. The molecule has 0 bridgehead atoms. The second kappa shape index (κ2) is 6.01. The molecule has 3 N–H and O–H groups in total. The molecule has 7 heteroatoms. The van der Waals surface area contributed by atoms with Crippen LogP contribution in [0.4, 0.5) is 0 Å². The van der Waals surface area contributed by atoms with Crippen molar-refractivity contribution in [1.82, 2.24) is 4.90 Å². The molecule has 1 aromatic rings. The Hall–Kier alpha value is -2.22. The Bertz CT molecular complexity index is 677. The number of amides is 1. The maximum atomic E-state index is 12.3. The van der Waals surface area contributed by atoms with Gasteiger partial charge in [-0.1, -0.05) is 42.5 Å². The molecule has 5 atom stereocenters. The van der Waals surface area contributed by atoms with E-state index in [1.807, 2.05) is 36.4 Å². The first-order valence-corrected chi connectivity index (χ1v) is 7.76. The normalized spacial score (nSPS) is 36.1. The molecule has 128 valence electrons. The Morgan fingerprint density at radius 3 is 2.54 bits per heavy atom. The number of nitrogens with zero attached hydrogens (tertiary/aromatic N) is 1. The van der Waals surface area contributed by atoms with Gasteiger partial charge in [-0.15, -0.1) is 0 Å². The van der Waals surface area contributed by atoms with Gasteiger partial charge in [-0.3, -0.25) is 9.69 Å². The molecule has 2 aliphatic rings. The predicted octanol–water partition coefficient (Wildman–Crippen LogP) is 0.800. The van der Waals surface area contributed by atoms with Crippen LogP contribution in [-0.4, -0.2) is 52.1 Å². The number of rotatable bonds is 4. The highest BCUT2D eigenvalue weighted by atomic mass is 16.8. The average Bonchev–Trinajstić information content (AvgIpc) is 2.86. The molecule has 2 aliphatic heterocycles. The van der Waals surface area contributed by atoms with E-state index in [1.54, 1.807) is 19.9 Å². The van der Waals surface area contributed by atoms with Crippen LogP contribution in [0.25, 0.3) is 6.08 Å². The van der Waals surface area contributed by atoms with Crippen molar-refractivity contribution in [2.75, 3.05) is 0 Å². The SMILES string of the molecule is CC1OC(C)C(C(=O)O)(N2C(=O)[C@@H](N)[C@H]2C=Cc2ccccc2)O1. The number of nitrogens with two attached hydrogens (primary N) is 1. The Labute approximate surface area is 139 Å². The molecule has 0 aliphatic carbocycles. The number of carboxylic acid groups (broad SMARTS) is 1. The van der Waals surface area contributed by atoms with Gasteiger partial charge in [0.15, 0.2) is 6.29 Å². The minimum Gasteiger partial charge on any atom is -0.478 e. The number of ether oxygens (including phenoxy) is 2. The van der Waals surface area contributed by atoms with Gasteiger partial charge in [-0.2, -0.15) is 0 Å². The number of hydrogen-bond donors (Lipinski definition) is 2. The zero-order valence-corrected chi connectivity index (χ0v) is 13.5. The number of carbonyl (C=O) groups is 2. The van der Waals surface area contributed by atoms with Crippen LogP contribution >= 0.6 is 0 Å². The minimum atomic E-state index is -1.86. The second-order valence-corrected chi connectivity index (χ2v) is 5.96. The largest absolute Gasteiger partial charge is 0.478 e. The number of likely N-dealkylation sites (tertiary alicyclic amines) is 1. The summed E-state index contributed by atoms with van der Waals surface area (Å²) in [5, 5.41) is 9.73. The quantitative estimate of drug-likeness (QED) is 0.791. The van der Waals surface area contributed by atoms with Crippen molar-refractivity contribution >= 4 is 18.0 Å². The van der Waals surface area contributed by atoms with Crippen molar-refractivity contribution < 1.29 is 24.2 Å². The van der Waals surface area contributed by atoms with E-state index in [0.717, 1.165) is 5.56 Å². The van der Waals surface area contributed by atoms with E-state index in [2.05, 4.69) is 0 Å². The van der Waals surface area contributed by atoms with Crippen LogP contribution in [0.15, 0.2) is 36.4 Å². The van der Waals surface area contributed by atoms with Gasteiger partial charge in [0.1, 0.15) is 12.1 Å². The molecule has 24 heavy (non-hydrogen) atoms. The predicted molar refractivity (Wildman–Crippen MR) is 85.5 cm³/mol. The van der Waals surface area contributed by atoms with Crippen LogP contribution in [0.5, 0.6) is 0 Å². The first kappa shape index (κ1) is 16.6. The monoisotopic (exact) mass is 332 g/mol. The summed E-state index contributed by atoms with van der Waals surface area (Å²) in [5.74, 6) is -1.73. The molecule has 0 radical (unpaired) electrons. The summed E-state index contributed by atoms with van der Waals surface area (Å²) in [6.07, 6.45) is 2.00. The number of carbonyl (C=O) groups excluding carboxylic acids is 1. The molecule has 7 nitrogen and oxygen atoms in total. The summed E-state index contributed by atoms with van der Waals surface area (Å²) in [6.45, 7) is 3.17. The van der Waals surface area contributed by atoms with E-state index >= 15 is 0 Å². The van der Waals surface area contributed by atoms with Crippen LogP contribution in [0, 0.1) is 0 Å². The molecule has 2 fully saturated rings. The lowest BCUT2D eigenvalue weighted by Crippen LogP contribution is -2.78. The summed E-state index contributed by atoms with van der Waals surface area (Å²) in [5.41, 5.74) is 4.96. The summed E-state index contributed by atoms with van der Waals surface area (Å²) < 4.78 is 10.9.